The molecule has 158 valence electrons. The lowest BCUT2D eigenvalue weighted by Crippen LogP contribution is -2.24. The standard InChI is InChI=1S/C23H26F2N4S/c1-15(2)28-13-18-8-9-20(10-19(18)14-28)29(30-3)12-16-4-6-17(7-5-16)21-11-22(23(24)25)27-26-21/h4-10,15,23H,11-14H2,1-3H3. The number of benzene rings is 2. The summed E-state index contributed by atoms with van der Waals surface area (Å²) in [4.78, 5) is 2.48. The van der Waals surface area contributed by atoms with Crippen LogP contribution in [0.25, 0.3) is 0 Å². The molecule has 2 aromatic rings. The number of rotatable bonds is 7. The van der Waals surface area contributed by atoms with Gasteiger partial charge in [-0.05, 0) is 48.2 Å². The van der Waals surface area contributed by atoms with Gasteiger partial charge in [-0.25, -0.2) is 8.78 Å². The van der Waals surface area contributed by atoms with E-state index in [-0.39, 0.29) is 12.1 Å². The Morgan fingerprint density at radius 3 is 2.40 bits per heavy atom. The van der Waals surface area contributed by atoms with Crippen LogP contribution in [0.1, 0.15) is 42.5 Å². The van der Waals surface area contributed by atoms with Gasteiger partial charge in [0.1, 0.15) is 5.71 Å². The smallest absolute Gasteiger partial charge is 0.278 e. The van der Waals surface area contributed by atoms with Gasteiger partial charge in [0.2, 0.25) is 0 Å². The van der Waals surface area contributed by atoms with Gasteiger partial charge in [-0.15, -0.1) is 0 Å². The van der Waals surface area contributed by atoms with Crippen molar-refractivity contribution in [3.8, 4) is 0 Å². The first kappa shape index (κ1) is 21.0. The number of hydrogen-bond donors (Lipinski definition) is 0. The van der Waals surface area contributed by atoms with Crippen molar-refractivity contribution >= 4 is 29.1 Å². The minimum Gasteiger partial charge on any atom is -0.312 e. The predicted octanol–water partition coefficient (Wildman–Crippen LogP) is 5.51. The Bertz CT molecular complexity index is 970. The summed E-state index contributed by atoms with van der Waals surface area (Å²) < 4.78 is 27.8. The van der Waals surface area contributed by atoms with E-state index in [0.29, 0.717) is 11.8 Å². The van der Waals surface area contributed by atoms with Gasteiger partial charge >= 0.3 is 0 Å². The monoisotopic (exact) mass is 428 g/mol. The fourth-order valence-electron chi connectivity index (χ4n) is 3.80. The Kier molecular flexibility index (Phi) is 6.20. The minimum absolute atomic E-state index is 0.121. The maximum atomic E-state index is 12.8. The third kappa shape index (κ3) is 4.42. The highest BCUT2D eigenvalue weighted by Crippen LogP contribution is 2.31. The summed E-state index contributed by atoms with van der Waals surface area (Å²) in [7, 11) is 0. The molecule has 4 rings (SSSR count). The molecule has 2 aliphatic rings. The third-order valence-electron chi connectivity index (χ3n) is 5.69. The topological polar surface area (TPSA) is 31.2 Å². The lowest BCUT2D eigenvalue weighted by molar-refractivity contribution is 0.224. The van der Waals surface area contributed by atoms with Crippen LogP contribution in [0, 0.1) is 0 Å². The molecule has 2 heterocycles. The van der Waals surface area contributed by atoms with Crippen molar-refractivity contribution in [2.75, 3.05) is 10.6 Å². The van der Waals surface area contributed by atoms with E-state index in [9.17, 15) is 8.78 Å². The van der Waals surface area contributed by atoms with Gasteiger partial charge in [-0.3, -0.25) is 4.90 Å². The van der Waals surface area contributed by atoms with Crippen LogP contribution >= 0.6 is 11.9 Å². The maximum absolute atomic E-state index is 12.8. The van der Waals surface area contributed by atoms with Crippen molar-refractivity contribution in [2.45, 2.75) is 52.4 Å². The van der Waals surface area contributed by atoms with E-state index < -0.39 is 6.43 Å². The number of nitrogens with zero attached hydrogens (tertiary/aromatic N) is 4. The van der Waals surface area contributed by atoms with Crippen molar-refractivity contribution in [3.63, 3.8) is 0 Å². The highest BCUT2D eigenvalue weighted by molar-refractivity contribution is 7.99. The molecule has 4 nitrogen and oxygen atoms in total. The number of fused-ring (bicyclic) bond motifs is 1. The molecule has 30 heavy (non-hydrogen) atoms. The van der Waals surface area contributed by atoms with Crippen molar-refractivity contribution in [1.29, 1.82) is 0 Å². The highest BCUT2D eigenvalue weighted by Gasteiger charge is 2.23. The van der Waals surface area contributed by atoms with Gasteiger partial charge in [0, 0.05) is 37.5 Å². The van der Waals surface area contributed by atoms with Gasteiger partial charge in [-0.1, -0.05) is 42.3 Å². The Balaban J connectivity index is 1.43. The van der Waals surface area contributed by atoms with E-state index in [1.807, 2.05) is 24.3 Å². The Morgan fingerprint density at radius 1 is 1.03 bits per heavy atom. The van der Waals surface area contributed by atoms with E-state index in [0.717, 1.165) is 30.8 Å². The molecule has 2 aliphatic heterocycles. The zero-order valence-corrected chi connectivity index (χ0v) is 18.3. The lowest BCUT2D eigenvalue weighted by Gasteiger charge is -2.22. The molecule has 7 heteroatoms. The zero-order chi connectivity index (χ0) is 21.3. The molecule has 0 radical (unpaired) electrons. The summed E-state index contributed by atoms with van der Waals surface area (Å²) in [6.45, 7) is 7.27. The molecular weight excluding hydrogens is 402 g/mol. The molecule has 0 N–H and O–H groups in total. The largest absolute Gasteiger partial charge is 0.312 e. The van der Waals surface area contributed by atoms with Gasteiger partial charge < -0.3 is 4.31 Å². The lowest BCUT2D eigenvalue weighted by atomic mass is 10.0. The Morgan fingerprint density at radius 2 is 1.77 bits per heavy atom. The predicted molar refractivity (Wildman–Crippen MR) is 122 cm³/mol. The van der Waals surface area contributed by atoms with E-state index in [1.54, 1.807) is 11.9 Å². The molecular formula is C23H26F2N4S. The highest BCUT2D eigenvalue weighted by atomic mass is 32.2. The normalized spacial score (nSPS) is 16.2. The summed E-state index contributed by atoms with van der Waals surface area (Å²) in [6, 6.07) is 15.3. The quantitative estimate of drug-likeness (QED) is 0.545. The Hall–Kier alpha value is -2.25. The first-order valence-corrected chi connectivity index (χ1v) is 11.3. The van der Waals surface area contributed by atoms with Crippen LogP contribution in [0.15, 0.2) is 52.7 Å². The number of anilines is 1. The van der Waals surface area contributed by atoms with Crippen LogP contribution in [0.5, 0.6) is 0 Å². The van der Waals surface area contributed by atoms with Crippen molar-refractivity contribution in [1.82, 2.24) is 4.90 Å². The molecule has 0 aliphatic carbocycles. The first-order valence-electron chi connectivity index (χ1n) is 10.1. The first-order chi connectivity index (χ1) is 14.4. The molecule has 0 saturated heterocycles. The molecule has 0 bridgehead atoms. The van der Waals surface area contributed by atoms with Gasteiger partial charge in [0.05, 0.1) is 12.3 Å². The molecule has 0 atom stereocenters. The summed E-state index contributed by atoms with van der Waals surface area (Å²) in [6.07, 6.45) is -0.338. The number of hydrogen-bond acceptors (Lipinski definition) is 5. The van der Waals surface area contributed by atoms with Crippen molar-refractivity contribution in [3.05, 3.63) is 64.7 Å². The summed E-state index contributed by atoms with van der Waals surface area (Å²) in [5.74, 6) is 0. The molecule has 0 amide bonds. The fourth-order valence-corrected chi connectivity index (χ4v) is 4.41. The second kappa shape index (κ2) is 8.86. The summed E-state index contributed by atoms with van der Waals surface area (Å²) in [5, 5.41) is 7.52. The summed E-state index contributed by atoms with van der Waals surface area (Å²) >= 11 is 1.70. The SMILES string of the molecule is CSN(Cc1ccc(C2=NN=C(C(F)F)C2)cc1)c1ccc2c(c1)CN(C(C)C)C2. The Labute approximate surface area is 180 Å². The van der Waals surface area contributed by atoms with Crippen LogP contribution in [-0.2, 0) is 19.6 Å². The van der Waals surface area contributed by atoms with Crippen LogP contribution in [0.3, 0.4) is 0 Å². The molecule has 0 fully saturated rings. The maximum Gasteiger partial charge on any atom is 0.278 e. The molecule has 0 saturated carbocycles. The van der Waals surface area contributed by atoms with Crippen molar-refractivity contribution in [2.24, 2.45) is 10.2 Å². The van der Waals surface area contributed by atoms with Crippen LogP contribution in [0.4, 0.5) is 14.5 Å². The average molecular weight is 429 g/mol. The van der Waals surface area contributed by atoms with Crippen LogP contribution in [0.2, 0.25) is 0 Å². The zero-order valence-electron chi connectivity index (χ0n) is 17.5. The van der Waals surface area contributed by atoms with Crippen LogP contribution in [-0.4, -0.2) is 35.0 Å². The van der Waals surface area contributed by atoms with Crippen molar-refractivity contribution < 1.29 is 8.78 Å². The molecule has 0 spiro atoms. The summed E-state index contributed by atoms with van der Waals surface area (Å²) in [5.41, 5.74) is 6.48. The average Bonchev–Trinajstić information content (AvgIpc) is 3.39. The van der Waals surface area contributed by atoms with E-state index in [1.165, 1.54) is 16.8 Å². The van der Waals surface area contributed by atoms with Gasteiger partial charge in [0.25, 0.3) is 6.43 Å². The van der Waals surface area contributed by atoms with E-state index in [2.05, 4.69) is 57.7 Å². The molecule has 0 unspecified atom stereocenters. The van der Waals surface area contributed by atoms with E-state index >= 15 is 0 Å². The van der Waals surface area contributed by atoms with E-state index in [4.69, 9.17) is 0 Å². The number of halogens is 2. The van der Waals surface area contributed by atoms with Gasteiger partial charge in [0.15, 0.2) is 0 Å². The molecule has 2 aromatic carbocycles. The third-order valence-corrected chi connectivity index (χ3v) is 6.47. The molecule has 0 aromatic heterocycles. The number of alkyl halides is 2. The second-order valence-electron chi connectivity index (χ2n) is 7.98. The second-order valence-corrected chi connectivity index (χ2v) is 8.79. The van der Waals surface area contributed by atoms with Crippen LogP contribution < -0.4 is 4.31 Å². The van der Waals surface area contributed by atoms with Gasteiger partial charge in [-0.2, -0.15) is 10.2 Å². The fraction of sp³-hybridized carbons (Fsp3) is 0.391. The minimum atomic E-state index is -2.54.